The molecule has 1 aliphatic rings. The van der Waals surface area contributed by atoms with Crippen LogP contribution in [0.25, 0.3) is 0 Å². The van der Waals surface area contributed by atoms with E-state index in [0.29, 0.717) is 5.92 Å². The van der Waals surface area contributed by atoms with E-state index in [4.69, 9.17) is 23.2 Å². The van der Waals surface area contributed by atoms with Crippen molar-refractivity contribution >= 4 is 28.9 Å². The van der Waals surface area contributed by atoms with E-state index in [-0.39, 0.29) is 5.54 Å². The van der Waals surface area contributed by atoms with Crippen LogP contribution in [0.1, 0.15) is 32.8 Å². The molecule has 1 aliphatic heterocycles. The lowest BCUT2D eigenvalue weighted by molar-refractivity contribution is 0.383. The molecule has 0 bridgehead atoms. The number of nitrogens with zero attached hydrogens (tertiary/aromatic N) is 1. The molecule has 112 valence electrons. The number of benzene rings is 1. The summed E-state index contributed by atoms with van der Waals surface area (Å²) < 4.78 is 0. The molecular formula is C16H24Cl2N2. The van der Waals surface area contributed by atoms with Gasteiger partial charge in [-0.05, 0) is 51.7 Å². The number of hydrogen-bond acceptors (Lipinski definition) is 2. The van der Waals surface area contributed by atoms with Crippen molar-refractivity contribution < 1.29 is 0 Å². The average molecular weight is 315 g/mol. The van der Waals surface area contributed by atoms with E-state index in [2.05, 4.69) is 31.0 Å². The molecule has 1 N–H and O–H groups in total. The lowest BCUT2D eigenvalue weighted by Gasteiger charge is -2.25. The fraction of sp³-hybridized carbons (Fsp3) is 0.625. The molecule has 0 saturated carbocycles. The number of halogens is 2. The Morgan fingerprint density at radius 2 is 2.00 bits per heavy atom. The molecular weight excluding hydrogens is 291 g/mol. The quantitative estimate of drug-likeness (QED) is 0.882. The molecule has 2 rings (SSSR count). The van der Waals surface area contributed by atoms with Crippen LogP contribution in [0, 0.1) is 12.8 Å². The van der Waals surface area contributed by atoms with Crippen molar-refractivity contribution in [1.29, 1.82) is 0 Å². The Morgan fingerprint density at radius 3 is 2.65 bits per heavy atom. The van der Waals surface area contributed by atoms with Crippen molar-refractivity contribution in [3.63, 3.8) is 0 Å². The third-order valence-electron chi connectivity index (χ3n) is 3.78. The zero-order valence-corrected chi connectivity index (χ0v) is 14.3. The van der Waals surface area contributed by atoms with Gasteiger partial charge in [0.05, 0.1) is 15.7 Å². The summed E-state index contributed by atoms with van der Waals surface area (Å²) in [5, 5.41) is 5.13. The standard InChI is InChI=1S/C16H24Cl2N2/c1-11-5-6-13(17)15(14(11)18)20-8-7-12(10-20)9-19-16(2,3)4/h5-6,12,19H,7-10H2,1-4H3. The van der Waals surface area contributed by atoms with Crippen LogP contribution in [-0.4, -0.2) is 25.2 Å². The maximum Gasteiger partial charge on any atom is 0.0747 e. The first kappa shape index (κ1) is 15.9. The minimum absolute atomic E-state index is 0.173. The van der Waals surface area contributed by atoms with Gasteiger partial charge in [0.1, 0.15) is 0 Å². The summed E-state index contributed by atoms with van der Waals surface area (Å²) in [7, 11) is 0. The second kappa shape index (κ2) is 6.13. The molecule has 0 spiro atoms. The molecule has 1 atom stereocenters. The van der Waals surface area contributed by atoms with Gasteiger partial charge in [-0.25, -0.2) is 0 Å². The van der Waals surface area contributed by atoms with Crippen LogP contribution in [0.3, 0.4) is 0 Å². The monoisotopic (exact) mass is 314 g/mol. The Hall–Kier alpha value is -0.440. The van der Waals surface area contributed by atoms with Gasteiger partial charge in [0.25, 0.3) is 0 Å². The van der Waals surface area contributed by atoms with Gasteiger partial charge >= 0.3 is 0 Å². The predicted octanol–water partition coefficient (Wildman–Crippen LogP) is 4.52. The van der Waals surface area contributed by atoms with E-state index >= 15 is 0 Å². The highest BCUT2D eigenvalue weighted by atomic mass is 35.5. The number of nitrogens with one attached hydrogen (secondary N) is 1. The number of aryl methyl sites for hydroxylation is 1. The maximum atomic E-state index is 6.43. The van der Waals surface area contributed by atoms with Gasteiger partial charge in [0, 0.05) is 25.2 Å². The van der Waals surface area contributed by atoms with Crippen LogP contribution in [0.15, 0.2) is 12.1 Å². The van der Waals surface area contributed by atoms with Gasteiger partial charge in [-0.1, -0.05) is 29.3 Å². The fourth-order valence-corrected chi connectivity index (χ4v) is 3.19. The topological polar surface area (TPSA) is 15.3 Å². The van der Waals surface area contributed by atoms with E-state index in [1.165, 1.54) is 6.42 Å². The second-order valence-electron chi connectivity index (χ2n) is 6.76. The van der Waals surface area contributed by atoms with E-state index in [1.807, 2.05) is 19.1 Å². The maximum absolute atomic E-state index is 6.43. The Morgan fingerprint density at radius 1 is 1.30 bits per heavy atom. The van der Waals surface area contributed by atoms with Crippen molar-refractivity contribution in [1.82, 2.24) is 5.32 Å². The van der Waals surface area contributed by atoms with Crippen molar-refractivity contribution in [3.8, 4) is 0 Å². The minimum Gasteiger partial charge on any atom is -0.369 e. The Kier molecular flexibility index (Phi) is 4.88. The third-order valence-corrected chi connectivity index (χ3v) is 4.57. The van der Waals surface area contributed by atoms with Crippen LogP contribution in [0.5, 0.6) is 0 Å². The summed E-state index contributed by atoms with van der Waals surface area (Å²) in [6.45, 7) is 11.7. The van der Waals surface area contributed by atoms with Crippen LogP contribution in [0.2, 0.25) is 10.0 Å². The summed E-state index contributed by atoms with van der Waals surface area (Å²) in [5.41, 5.74) is 2.26. The normalized spacial score (nSPS) is 19.7. The highest BCUT2D eigenvalue weighted by Gasteiger charge is 2.26. The third kappa shape index (κ3) is 3.81. The zero-order valence-electron chi connectivity index (χ0n) is 12.8. The molecule has 20 heavy (non-hydrogen) atoms. The van der Waals surface area contributed by atoms with Gasteiger partial charge in [0.15, 0.2) is 0 Å². The molecule has 1 aromatic carbocycles. The van der Waals surface area contributed by atoms with Crippen LogP contribution in [-0.2, 0) is 0 Å². The first-order valence-corrected chi connectivity index (χ1v) is 7.98. The van der Waals surface area contributed by atoms with Crippen molar-refractivity contribution in [2.24, 2.45) is 5.92 Å². The fourth-order valence-electron chi connectivity index (χ4n) is 2.58. The summed E-state index contributed by atoms with van der Waals surface area (Å²) in [5.74, 6) is 0.655. The first-order valence-electron chi connectivity index (χ1n) is 7.22. The molecule has 1 heterocycles. The lowest BCUT2D eigenvalue weighted by Crippen LogP contribution is -2.39. The largest absolute Gasteiger partial charge is 0.369 e. The number of hydrogen-bond donors (Lipinski definition) is 1. The van der Waals surface area contributed by atoms with E-state index < -0.39 is 0 Å². The minimum atomic E-state index is 0.173. The number of rotatable bonds is 3. The van der Waals surface area contributed by atoms with Crippen LogP contribution < -0.4 is 10.2 Å². The molecule has 0 aliphatic carbocycles. The van der Waals surface area contributed by atoms with Gasteiger partial charge in [-0.15, -0.1) is 0 Å². The molecule has 0 radical (unpaired) electrons. The lowest BCUT2D eigenvalue weighted by atomic mass is 10.1. The average Bonchev–Trinajstić information content (AvgIpc) is 2.80. The molecule has 1 aromatic rings. The van der Waals surface area contributed by atoms with Gasteiger partial charge in [-0.2, -0.15) is 0 Å². The highest BCUT2D eigenvalue weighted by molar-refractivity contribution is 6.39. The molecule has 0 amide bonds. The Labute approximate surface area is 132 Å². The van der Waals surface area contributed by atoms with Crippen LogP contribution in [0.4, 0.5) is 5.69 Å². The van der Waals surface area contributed by atoms with E-state index in [0.717, 1.165) is 40.9 Å². The van der Waals surface area contributed by atoms with Crippen molar-refractivity contribution in [2.75, 3.05) is 24.5 Å². The zero-order chi connectivity index (χ0) is 14.9. The highest BCUT2D eigenvalue weighted by Crippen LogP contribution is 2.38. The van der Waals surface area contributed by atoms with E-state index in [1.54, 1.807) is 0 Å². The Balaban J connectivity index is 2.05. The van der Waals surface area contributed by atoms with Crippen molar-refractivity contribution in [3.05, 3.63) is 27.7 Å². The predicted molar refractivity (Wildman–Crippen MR) is 89.3 cm³/mol. The van der Waals surface area contributed by atoms with E-state index in [9.17, 15) is 0 Å². The summed E-state index contributed by atoms with van der Waals surface area (Å²) >= 11 is 12.8. The van der Waals surface area contributed by atoms with Crippen LogP contribution >= 0.6 is 23.2 Å². The molecule has 0 aromatic heterocycles. The SMILES string of the molecule is Cc1ccc(Cl)c(N2CCC(CNC(C)(C)C)C2)c1Cl. The first-order chi connectivity index (χ1) is 9.28. The van der Waals surface area contributed by atoms with Crippen molar-refractivity contribution in [2.45, 2.75) is 39.7 Å². The van der Waals surface area contributed by atoms with Gasteiger partial charge in [0.2, 0.25) is 0 Å². The van der Waals surface area contributed by atoms with Gasteiger partial charge in [-0.3, -0.25) is 0 Å². The molecule has 1 unspecified atom stereocenters. The Bertz CT molecular complexity index is 480. The smallest absolute Gasteiger partial charge is 0.0747 e. The number of anilines is 1. The second-order valence-corrected chi connectivity index (χ2v) is 7.54. The molecule has 1 fully saturated rings. The molecule has 4 heteroatoms. The molecule has 2 nitrogen and oxygen atoms in total. The summed E-state index contributed by atoms with van der Waals surface area (Å²) in [4.78, 5) is 2.33. The summed E-state index contributed by atoms with van der Waals surface area (Å²) in [6, 6.07) is 3.92. The molecule has 1 saturated heterocycles. The summed E-state index contributed by atoms with van der Waals surface area (Å²) in [6.07, 6.45) is 1.18. The van der Waals surface area contributed by atoms with Gasteiger partial charge < -0.3 is 10.2 Å².